The standard InChI is InChI=1S/2C29H23.C2H7Si.2ClH.Zr/c2*1-2-21-11-9-10-16-26(21)29-27(23-14-7-4-8-15-23)18-17-24-19-25(20-28(24)29)22-12-5-3-6-13-22;1-3-2;;;/h2*3-20H,2H2,1H3;3H,1-2H3;2*1H;/q;;;;;+2/p-2. The van der Waals surface area contributed by atoms with Crippen LogP contribution in [0.25, 0.3) is 67.8 Å². The van der Waals surface area contributed by atoms with Gasteiger partial charge in [0.15, 0.2) is 0 Å². The van der Waals surface area contributed by atoms with E-state index in [-0.39, 0.29) is 7.25 Å². The number of hydrogen-bond acceptors (Lipinski definition) is 0. The van der Waals surface area contributed by atoms with E-state index in [1.54, 1.807) is 0 Å². The van der Waals surface area contributed by atoms with E-state index in [2.05, 4.69) is 233 Å². The molecule has 0 N–H and O–H groups in total. The summed E-state index contributed by atoms with van der Waals surface area (Å²) >= 11 is -5.43. The first kappa shape index (κ1) is 42.8. The van der Waals surface area contributed by atoms with Crippen LogP contribution in [0.1, 0.15) is 65.6 Å². The van der Waals surface area contributed by atoms with Gasteiger partial charge in [0.25, 0.3) is 0 Å². The zero-order chi connectivity index (χ0) is 44.0. The third-order valence-corrected chi connectivity index (χ3v) is 65.9. The molecule has 2 aliphatic rings. The van der Waals surface area contributed by atoms with Gasteiger partial charge in [0.1, 0.15) is 0 Å². The predicted molar refractivity (Wildman–Crippen MR) is 278 cm³/mol. The Morgan fingerprint density at radius 2 is 0.719 bits per heavy atom. The Labute approximate surface area is 388 Å². The average Bonchev–Trinajstić information content (AvgIpc) is 3.96. The van der Waals surface area contributed by atoms with E-state index in [9.17, 15) is 17.0 Å². The van der Waals surface area contributed by atoms with Gasteiger partial charge < -0.3 is 0 Å². The topological polar surface area (TPSA) is 0 Å². The molecule has 0 bridgehead atoms. The van der Waals surface area contributed by atoms with Gasteiger partial charge in [-0.1, -0.05) is 0 Å². The second-order valence-electron chi connectivity index (χ2n) is 17.9. The molecule has 4 heteroatoms. The van der Waals surface area contributed by atoms with Gasteiger partial charge in [0.2, 0.25) is 0 Å². The number of aryl methyl sites for hydroxylation is 2. The fourth-order valence-electron chi connectivity index (χ4n) is 11.1. The Kier molecular flexibility index (Phi) is 11.6. The number of allylic oxidation sites excluding steroid dienone is 2. The van der Waals surface area contributed by atoms with Gasteiger partial charge in [-0.2, -0.15) is 0 Å². The molecule has 0 saturated carbocycles. The molecule has 2 aliphatic carbocycles. The van der Waals surface area contributed by atoms with Crippen LogP contribution in [0, 0.1) is 0 Å². The molecular weight excluding hydrogens is 911 g/mol. The monoisotopic (exact) mass is 961 g/mol. The number of rotatable bonds is 11. The second kappa shape index (κ2) is 17.4. The zero-order valence-corrected chi connectivity index (χ0v) is 42.2. The van der Waals surface area contributed by atoms with Gasteiger partial charge in [-0.25, -0.2) is 0 Å². The summed E-state index contributed by atoms with van der Waals surface area (Å²) in [5.41, 5.74) is 22.6. The molecule has 0 spiro atoms. The van der Waals surface area contributed by atoms with Crippen LogP contribution in [-0.2, 0) is 28.4 Å². The third kappa shape index (κ3) is 7.05. The average molecular weight is 964 g/mol. The Hall–Kier alpha value is -5.08. The van der Waals surface area contributed by atoms with Crippen molar-refractivity contribution in [2.24, 2.45) is 0 Å². The van der Waals surface area contributed by atoms with E-state index in [0.717, 1.165) is 12.8 Å². The Morgan fingerprint density at radius 1 is 0.391 bits per heavy atom. The molecule has 8 aromatic rings. The van der Waals surface area contributed by atoms with Crippen LogP contribution < -0.4 is 0 Å². The molecule has 10 rings (SSSR count). The molecule has 0 radical (unpaired) electrons. The molecule has 0 aliphatic heterocycles. The van der Waals surface area contributed by atoms with Gasteiger partial charge in [-0.3, -0.25) is 0 Å². The van der Waals surface area contributed by atoms with E-state index < -0.39 is 21.5 Å². The first-order valence-corrected chi connectivity index (χ1v) is 39.3. The van der Waals surface area contributed by atoms with Crippen molar-refractivity contribution < 1.29 is 15.6 Å². The van der Waals surface area contributed by atoms with Crippen LogP contribution in [0.4, 0.5) is 0 Å². The van der Waals surface area contributed by atoms with Crippen LogP contribution in [0.15, 0.2) is 194 Å². The van der Waals surface area contributed by atoms with Gasteiger partial charge in [-0.15, -0.1) is 0 Å². The molecule has 0 heterocycles. The van der Waals surface area contributed by atoms with E-state index in [1.165, 1.54) is 100 Å². The van der Waals surface area contributed by atoms with Crippen molar-refractivity contribution in [1.82, 2.24) is 0 Å². The number of fused-ring (bicyclic) bond motifs is 2. The quantitative estimate of drug-likeness (QED) is 0.113. The van der Waals surface area contributed by atoms with E-state index in [4.69, 9.17) is 0 Å². The molecule has 8 aromatic carbocycles. The van der Waals surface area contributed by atoms with Crippen LogP contribution in [-0.4, -0.2) is 5.92 Å². The van der Waals surface area contributed by atoms with Gasteiger partial charge >= 0.3 is 392 Å². The van der Waals surface area contributed by atoms with Crippen LogP contribution in [0.2, 0.25) is 13.1 Å². The van der Waals surface area contributed by atoms with Crippen molar-refractivity contribution in [3.63, 3.8) is 0 Å². The molecule has 0 nitrogen and oxygen atoms in total. The molecule has 0 saturated heterocycles. The Balaban J connectivity index is 1.31. The summed E-state index contributed by atoms with van der Waals surface area (Å²) in [6.45, 7) is 9.46. The predicted octanol–water partition coefficient (Wildman–Crippen LogP) is 17.4. The maximum absolute atomic E-state index is 9.27. The van der Waals surface area contributed by atoms with E-state index >= 15 is 0 Å². The molecular formula is C60H53Cl2SiZr. The summed E-state index contributed by atoms with van der Waals surface area (Å²) in [4.78, 5) is 0. The van der Waals surface area contributed by atoms with E-state index in [1.807, 2.05) is 0 Å². The van der Waals surface area contributed by atoms with Crippen LogP contribution in [0.3, 0.4) is 0 Å². The molecule has 0 fully saturated rings. The van der Waals surface area contributed by atoms with Crippen molar-refractivity contribution in [1.29, 1.82) is 0 Å². The summed E-state index contributed by atoms with van der Waals surface area (Å²) in [7, 11) is 18.5. The molecule has 0 aromatic heterocycles. The van der Waals surface area contributed by atoms with Crippen LogP contribution in [0.5, 0.6) is 0 Å². The van der Waals surface area contributed by atoms with Crippen molar-refractivity contribution in [3.8, 4) is 44.5 Å². The zero-order valence-electron chi connectivity index (χ0n) is 37.0. The maximum atomic E-state index is 9.27. The van der Waals surface area contributed by atoms with Crippen molar-refractivity contribution >= 4 is 46.2 Å². The Morgan fingerprint density at radius 3 is 1.06 bits per heavy atom. The number of hydrogen-bond donors (Lipinski definition) is 0. The summed E-state index contributed by atoms with van der Waals surface area (Å²) in [6.07, 6.45) is 6.86. The third-order valence-electron chi connectivity index (χ3n) is 14.3. The molecule has 0 amide bonds. The summed E-state index contributed by atoms with van der Waals surface area (Å²) in [6, 6.07) is 71.3. The molecule has 315 valence electrons. The van der Waals surface area contributed by atoms with Crippen molar-refractivity contribution in [3.05, 3.63) is 239 Å². The first-order valence-electron chi connectivity index (χ1n) is 22.9. The second-order valence-corrected chi connectivity index (χ2v) is 60.4. The fraction of sp³-hybridized carbons (Fsp3) is 0.133. The minimum atomic E-state index is -5.43. The summed E-state index contributed by atoms with van der Waals surface area (Å²) in [5, 5.41) is 0. The summed E-state index contributed by atoms with van der Waals surface area (Å²) in [5.74, 6) is -1.96. The Bertz CT molecular complexity index is 2880. The molecule has 2 unspecified atom stereocenters. The molecule has 2 atom stereocenters. The summed E-state index contributed by atoms with van der Waals surface area (Å²) < 4.78 is -0.316. The number of halogens is 2. The fourth-order valence-corrected chi connectivity index (χ4v) is 41.2. The molecule has 64 heavy (non-hydrogen) atoms. The van der Waals surface area contributed by atoms with Gasteiger partial charge in [0.05, 0.1) is 0 Å². The SMILES string of the molecule is CCc1ccccc1-c1c(-c2ccccc2)ccc2c1C=C(c1ccccc1)[CH]2[Zr]([Cl])([Cl])([CH]1C(c2ccccc2)=Cc2c1ccc(-c1ccccc1)c2-c1ccccc1CC)[SiH](C)C. The van der Waals surface area contributed by atoms with Crippen molar-refractivity contribution in [2.45, 2.75) is 47.0 Å². The van der Waals surface area contributed by atoms with Gasteiger partial charge in [-0.05, 0) is 0 Å². The van der Waals surface area contributed by atoms with E-state index in [0.29, 0.717) is 0 Å². The van der Waals surface area contributed by atoms with Gasteiger partial charge in [0, 0.05) is 0 Å². The minimum absolute atomic E-state index is 0.158. The van der Waals surface area contributed by atoms with Crippen LogP contribution >= 0.6 is 17.0 Å². The number of benzene rings is 8. The first-order chi connectivity index (χ1) is 31.2. The van der Waals surface area contributed by atoms with Crippen molar-refractivity contribution in [2.75, 3.05) is 0 Å². The normalized spacial score (nSPS) is 16.1.